The van der Waals surface area contributed by atoms with Crippen molar-refractivity contribution < 1.29 is 24.6 Å². The van der Waals surface area contributed by atoms with Crippen molar-refractivity contribution in [2.45, 2.75) is 43.7 Å². The number of nitrogens with zero attached hydrogens (tertiary/aromatic N) is 2. The fourth-order valence-corrected chi connectivity index (χ4v) is 6.51. The molecule has 0 aromatic heterocycles. The van der Waals surface area contributed by atoms with Crippen LogP contribution in [-0.4, -0.2) is 94.0 Å². The summed E-state index contributed by atoms with van der Waals surface area (Å²) in [6.45, 7) is 7.27. The summed E-state index contributed by atoms with van der Waals surface area (Å²) in [7, 11) is 0. The molecule has 3 saturated heterocycles. The maximum Gasteiger partial charge on any atom is 0.353 e. The lowest BCUT2D eigenvalue weighted by Crippen LogP contribution is -2.63. The Labute approximate surface area is 185 Å². The molecule has 0 aliphatic carbocycles. The summed E-state index contributed by atoms with van der Waals surface area (Å²) in [4.78, 5) is 40.6. The normalized spacial score (nSPS) is 34.3. The third-order valence-electron chi connectivity index (χ3n) is 6.63. The molecule has 0 saturated carbocycles. The average Bonchev–Trinajstić information content (AvgIpc) is 3.28. The van der Waals surface area contributed by atoms with Crippen molar-refractivity contribution in [2.24, 2.45) is 11.8 Å². The van der Waals surface area contributed by atoms with Crippen LogP contribution in [0.25, 0.3) is 0 Å². The molecule has 0 spiro atoms. The zero-order valence-electron chi connectivity index (χ0n) is 17.8. The minimum atomic E-state index is -1.10. The summed E-state index contributed by atoms with van der Waals surface area (Å²) in [6.07, 6.45) is 3.51. The highest BCUT2D eigenvalue weighted by atomic mass is 32.2. The van der Waals surface area contributed by atoms with Crippen molar-refractivity contribution in [3.05, 3.63) is 22.8 Å². The second-order valence-electron chi connectivity index (χ2n) is 8.70. The number of β-lactam (4-membered cyclic amide) rings is 1. The summed E-state index contributed by atoms with van der Waals surface area (Å²) in [6, 6.07) is -0.235. The van der Waals surface area contributed by atoms with Gasteiger partial charge in [-0.2, -0.15) is 0 Å². The summed E-state index contributed by atoms with van der Waals surface area (Å²) >= 11 is 1.51. The summed E-state index contributed by atoms with van der Waals surface area (Å²) in [5.41, 5.74) is 0.0669. The Morgan fingerprint density at radius 2 is 2.00 bits per heavy atom. The lowest BCUT2D eigenvalue weighted by atomic mass is 9.79. The number of amides is 2. The number of aliphatic hydroxyl groups is 1. The molecule has 4 N–H and O–H groups in total. The Kier molecular flexibility index (Phi) is 6.43. The van der Waals surface area contributed by atoms with Crippen LogP contribution in [0.4, 0.5) is 0 Å². The fraction of sp³-hybridized carbons (Fsp3) is 0.667. The van der Waals surface area contributed by atoms with Gasteiger partial charge in [-0.15, -0.1) is 11.8 Å². The van der Waals surface area contributed by atoms with Gasteiger partial charge in [0.1, 0.15) is 5.70 Å². The van der Waals surface area contributed by atoms with Crippen LogP contribution in [0.2, 0.25) is 0 Å². The van der Waals surface area contributed by atoms with Gasteiger partial charge < -0.3 is 30.6 Å². The minimum absolute atomic E-state index is 0.0201. The van der Waals surface area contributed by atoms with Crippen LogP contribution in [0.3, 0.4) is 0 Å². The minimum Gasteiger partial charge on any atom is -0.477 e. The number of piperazine rings is 1. The van der Waals surface area contributed by atoms with Crippen LogP contribution >= 0.6 is 11.8 Å². The molecule has 2 amide bonds. The van der Waals surface area contributed by atoms with Gasteiger partial charge in [-0.05, 0) is 13.3 Å². The largest absolute Gasteiger partial charge is 0.477 e. The highest BCUT2D eigenvalue weighted by Crippen LogP contribution is 2.51. The molecule has 0 aromatic carbocycles. The summed E-state index contributed by atoms with van der Waals surface area (Å²) < 4.78 is 0. The lowest BCUT2D eigenvalue weighted by molar-refractivity contribution is -0.163. The number of thioether (sulfide) groups is 1. The first-order valence-electron chi connectivity index (χ1n) is 10.9. The Morgan fingerprint density at radius 3 is 2.65 bits per heavy atom. The van der Waals surface area contributed by atoms with Crippen LogP contribution < -0.4 is 10.6 Å². The van der Waals surface area contributed by atoms with Crippen LogP contribution in [-0.2, 0) is 14.4 Å². The first-order valence-corrected chi connectivity index (χ1v) is 11.7. The number of rotatable bonds is 6. The zero-order valence-corrected chi connectivity index (χ0v) is 18.6. The lowest BCUT2D eigenvalue weighted by Gasteiger charge is -2.46. The van der Waals surface area contributed by atoms with Gasteiger partial charge in [0.25, 0.3) is 0 Å². The molecule has 4 heterocycles. The molecular weight excluding hydrogens is 420 g/mol. The number of fused-ring (bicyclic) bond motifs is 1. The molecule has 170 valence electrons. The van der Waals surface area contributed by atoms with Crippen molar-refractivity contribution in [3.8, 4) is 0 Å². The van der Waals surface area contributed by atoms with Crippen molar-refractivity contribution in [1.29, 1.82) is 0 Å². The Bertz CT molecular complexity index is 823. The van der Waals surface area contributed by atoms with E-state index in [1.54, 1.807) is 13.0 Å². The number of hydrogen-bond donors (Lipinski definition) is 4. The standard InChI is InChI=1S/C21H30N4O5S/c1-11-17-16(12(2)26)20(28)25(17)18(21(29)30)19(11)31-14-9-13(23-10-14)3-4-15(27)24-7-5-22-6-8-24/h3-4,11-14,16-17,22-23,26H,5-10H2,1-2H3,(H,29,30)/t11-,12-,13-,14+,16-,17-/m1/s1. The van der Waals surface area contributed by atoms with E-state index in [0.29, 0.717) is 24.5 Å². The van der Waals surface area contributed by atoms with Gasteiger partial charge in [0.05, 0.1) is 18.1 Å². The number of carbonyl (C=O) groups excluding carboxylic acids is 2. The van der Waals surface area contributed by atoms with Crippen molar-refractivity contribution in [2.75, 3.05) is 32.7 Å². The van der Waals surface area contributed by atoms with Crippen LogP contribution in [0, 0.1) is 11.8 Å². The average molecular weight is 451 g/mol. The topological polar surface area (TPSA) is 122 Å². The number of aliphatic hydroxyl groups excluding tert-OH is 1. The molecule has 4 aliphatic heterocycles. The summed E-state index contributed by atoms with van der Waals surface area (Å²) in [5, 5.41) is 26.5. The Morgan fingerprint density at radius 1 is 1.29 bits per heavy atom. The second kappa shape index (κ2) is 8.93. The summed E-state index contributed by atoms with van der Waals surface area (Å²) in [5.74, 6) is -2.06. The van der Waals surface area contributed by atoms with Crippen molar-refractivity contribution in [1.82, 2.24) is 20.4 Å². The molecule has 4 rings (SSSR count). The van der Waals surface area contributed by atoms with E-state index in [4.69, 9.17) is 0 Å². The molecule has 4 aliphatic rings. The van der Waals surface area contributed by atoms with Crippen LogP contribution in [0.1, 0.15) is 20.3 Å². The smallest absolute Gasteiger partial charge is 0.353 e. The molecule has 9 nitrogen and oxygen atoms in total. The number of hydrogen-bond acceptors (Lipinski definition) is 7. The van der Waals surface area contributed by atoms with Gasteiger partial charge in [-0.25, -0.2) is 4.79 Å². The predicted molar refractivity (Wildman–Crippen MR) is 116 cm³/mol. The van der Waals surface area contributed by atoms with E-state index in [-0.39, 0.29) is 40.8 Å². The predicted octanol–water partition coefficient (Wildman–Crippen LogP) is -0.408. The first kappa shape index (κ1) is 22.3. The number of carbonyl (C=O) groups is 3. The van der Waals surface area contributed by atoms with Crippen LogP contribution in [0.5, 0.6) is 0 Å². The maximum absolute atomic E-state index is 12.5. The fourth-order valence-electron chi connectivity index (χ4n) is 5.02. The molecule has 3 fully saturated rings. The van der Waals surface area contributed by atoms with E-state index < -0.39 is 18.0 Å². The van der Waals surface area contributed by atoms with Gasteiger partial charge in [-0.3, -0.25) is 9.59 Å². The van der Waals surface area contributed by atoms with E-state index in [2.05, 4.69) is 10.6 Å². The van der Waals surface area contributed by atoms with Gasteiger partial charge in [0.15, 0.2) is 0 Å². The molecule has 0 radical (unpaired) electrons. The molecule has 0 unspecified atom stereocenters. The van der Waals surface area contributed by atoms with E-state index in [0.717, 1.165) is 19.5 Å². The van der Waals surface area contributed by atoms with Crippen LogP contribution in [0.15, 0.2) is 22.8 Å². The highest BCUT2D eigenvalue weighted by molar-refractivity contribution is 8.03. The van der Waals surface area contributed by atoms with Gasteiger partial charge in [0.2, 0.25) is 11.8 Å². The zero-order chi connectivity index (χ0) is 22.3. The van der Waals surface area contributed by atoms with Gasteiger partial charge in [-0.1, -0.05) is 13.0 Å². The molecule has 10 heteroatoms. The first-order chi connectivity index (χ1) is 14.8. The molecule has 6 atom stereocenters. The van der Waals surface area contributed by atoms with E-state index >= 15 is 0 Å². The third-order valence-corrected chi connectivity index (χ3v) is 8.14. The van der Waals surface area contributed by atoms with Gasteiger partial charge >= 0.3 is 5.97 Å². The quantitative estimate of drug-likeness (QED) is 0.318. The third kappa shape index (κ3) is 4.13. The Hall–Kier alpha value is -1.88. The number of carboxylic acid groups (broad SMARTS) is 1. The SMILES string of the molecule is C[C@@H](O)[C@H]1C(=O)N2C(C(=O)O)=C(S[C@@H]3CN[C@H](C=CC(=O)N4CCNCC4)C3)[C@H](C)[C@H]12. The highest BCUT2D eigenvalue weighted by Gasteiger charge is 2.60. The second-order valence-corrected chi connectivity index (χ2v) is 10.0. The molecule has 31 heavy (non-hydrogen) atoms. The number of carboxylic acids is 1. The molecule has 0 aromatic rings. The van der Waals surface area contributed by atoms with Crippen molar-refractivity contribution >= 4 is 29.5 Å². The Balaban J connectivity index is 1.39. The van der Waals surface area contributed by atoms with Crippen molar-refractivity contribution in [3.63, 3.8) is 0 Å². The molecule has 0 bridgehead atoms. The monoisotopic (exact) mass is 450 g/mol. The number of aliphatic carboxylic acids is 1. The van der Waals surface area contributed by atoms with E-state index in [1.807, 2.05) is 17.9 Å². The van der Waals surface area contributed by atoms with E-state index in [9.17, 15) is 24.6 Å². The van der Waals surface area contributed by atoms with Gasteiger partial charge in [0, 0.05) is 60.9 Å². The molecular formula is C21H30N4O5S. The van der Waals surface area contributed by atoms with E-state index in [1.165, 1.54) is 16.7 Å². The maximum atomic E-state index is 12.5. The number of nitrogens with one attached hydrogen (secondary N) is 2.